The van der Waals surface area contributed by atoms with Gasteiger partial charge in [-0.15, -0.1) is 0 Å². The number of amides is 9. The number of hydrogen-bond acceptors (Lipinski definition) is 15. The molecule has 4 fully saturated rings. The second-order valence-electron chi connectivity index (χ2n) is 24.7. The normalized spacial score (nSPS) is 21.5. The maximum atomic E-state index is 15.5. The lowest BCUT2D eigenvalue weighted by Gasteiger charge is -2.42. The molecule has 3 unspecified atom stereocenters. The molecule has 3 saturated heterocycles. The minimum atomic E-state index is -1.58. The molecule has 0 radical (unpaired) electrons. The van der Waals surface area contributed by atoms with Crippen molar-refractivity contribution in [2.24, 2.45) is 50.3 Å². The Morgan fingerprint density at radius 3 is 1.85 bits per heavy atom. The van der Waals surface area contributed by atoms with E-state index in [1.807, 2.05) is 6.07 Å². The number of nitrogens with two attached hydrogens (primary N) is 6. The summed E-state index contributed by atoms with van der Waals surface area (Å²) < 4.78 is 0. The van der Waals surface area contributed by atoms with Gasteiger partial charge in [0.25, 0.3) is 0 Å². The van der Waals surface area contributed by atoms with E-state index in [0.29, 0.717) is 69.0 Å². The molecule has 0 spiro atoms. The number of likely N-dealkylation sites (tertiary alicyclic amines) is 3. The molecule has 0 aromatic heterocycles. The summed E-state index contributed by atoms with van der Waals surface area (Å²) in [5.74, 6) is -8.94. The van der Waals surface area contributed by atoms with E-state index < -0.39 is 145 Å². The number of aliphatic carboxylic acids is 2. The van der Waals surface area contributed by atoms with Crippen LogP contribution in [-0.2, 0) is 72.1 Å². The topological polar surface area (TPSA) is 482 Å². The molecule has 93 heavy (non-hydrogen) atoms. The molecule has 508 valence electrons. The number of fused-ring (bicyclic) bond motifs is 2. The lowest BCUT2D eigenvalue weighted by atomic mass is 9.84. The second kappa shape index (κ2) is 34.7. The van der Waals surface area contributed by atoms with Gasteiger partial charge in [-0.05, 0) is 119 Å². The van der Waals surface area contributed by atoms with Gasteiger partial charge in [0.15, 0.2) is 11.9 Å². The third kappa shape index (κ3) is 19.8. The van der Waals surface area contributed by atoms with Crippen LogP contribution in [0.5, 0.6) is 0 Å². The Labute approximate surface area is 540 Å². The Morgan fingerprint density at radius 1 is 0.570 bits per heavy atom. The molecule has 2 aromatic rings. The highest BCUT2D eigenvalue weighted by molar-refractivity contribution is 5.99. The van der Waals surface area contributed by atoms with Crippen molar-refractivity contribution in [1.82, 2.24) is 46.2 Å². The van der Waals surface area contributed by atoms with E-state index in [1.165, 1.54) is 19.6 Å². The quantitative estimate of drug-likeness (QED) is 0.0212. The van der Waals surface area contributed by atoms with Crippen LogP contribution in [-0.4, -0.2) is 207 Å². The molecule has 4 aliphatic heterocycles. The molecule has 19 N–H and O–H groups in total. The van der Waals surface area contributed by atoms with Crippen molar-refractivity contribution in [1.29, 1.82) is 0 Å². The van der Waals surface area contributed by atoms with Crippen LogP contribution in [0.3, 0.4) is 0 Å². The number of unbranched alkanes of at least 4 members (excludes halogenated alkanes) is 1. The van der Waals surface area contributed by atoms with E-state index >= 15 is 9.59 Å². The fourth-order valence-electron chi connectivity index (χ4n) is 13.4. The Morgan fingerprint density at radius 2 is 1.18 bits per heavy atom. The first kappa shape index (κ1) is 71.5. The van der Waals surface area contributed by atoms with Crippen LogP contribution in [0.15, 0.2) is 64.6 Å². The summed E-state index contributed by atoms with van der Waals surface area (Å²) in [6.45, 7) is 0.301. The average Bonchev–Trinajstić information content (AvgIpc) is 1.71. The monoisotopic (exact) mass is 1300 g/mol. The first-order chi connectivity index (χ1) is 44.6. The Kier molecular flexibility index (Phi) is 26.6. The van der Waals surface area contributed by atoms with Crippen molar-refractivity contribution >= 4 is 77.0 Å². The molecular formula is C63H93N17O13. The van der Waals surface area contributed by atoms with Gasteiger partial charge in [-0.25, -0.2) is 4.79 Å². The number of rotatable bonds is 32. The van der Waals surface area contributed by atoms with Crippen LogP contribution in [0, 0.1) is 5.92 Å². The predicted octanol–water partition coefficient (Wildman–Crippen LogP) is -2.11. The number of carboxylic acids is 2. The number of carboxylic acid groups (broad SMARTS) is 2. The molecule has 30 nitrogen and oxygen atoms in total. The third-order valence-corrected chi connectivity index (χ3v) is 18.2. The van der Waals surface area contributed by atoms with Gasteiger partial charge in [0.2, 0.25) is 53.2 Å². The molecule has 7 rings (SSSR count). The molecule has 4 heterocycles. The minimum Gasteiger partial charge on any atom is -0.481 e. The van der Waals surface area contributed by atoms with Gasteiger partial charge in [-0.2, -0.15) is 0 Å². The third-order valence-electron chi connectivity index (χ3n) is 18.2. The van der Waals surface area contributed by atoms with Crippen molar-refractivity contribution in [2.45, 2.75) is 195 Å². The van der Waals surface area contributed by atoms with Crippen LogP contribution in [0.4, 0.5) is 0 Å². The number of nitrogens with one attached hydrogen (secondary N) is 5. The summed E-state index contributed by atoms with van der Waals surface area (Å²) in [5.41, 5.74) is 35.7. The van der Waals surface area contributed by atoms with Gasteiger partial charge in [-0.3, -0.25) is 57.9 Å². The Bertz CT molecular complexity index is 3050. The van der Waals surface area contributed by atoms with Crippen LogP contribution in [0.2, 0.25) is 0 Å². The fourth-order valence-corrected chi connectivity index (χ4v) is 13.4. The van der Waals surface area contributed by atoms with E-state index in [9.17, 15) is 53.4 Å². The van der Waals surface area contributed by atoms with Gasteiger partial charge < -0.3 is 90.8 Å². The number of benzene rings is 2. The van der Waals surface area contributed by atoms with Gasteiger partial charge in [0.1, 0.15) is 48.3 Å². The van der Waals surface area contributed by atoms with Crippen molar-refractivity contribution in [3.63, 3.8) is 0 Å². The molecule has 9 amide bonds. The van der Waals surface area contributed by atoms with Crippen LogP contribution < -0.4 is 61.0 Å². The summed E-state index contributed by atoms with van der Waals surface area (Å²) in [6, 6.07) is 4.67. The highest BCUT2D eigenvalue weighted by atomic mass is 16.4. The lowest BCUT2D eigenvalue weighted by molar-refractivity contribution is -0.153. The first-order valence-corrected chi connectivity index (χ1v) is 32.4. The largest absolute Gasteiger partial charge is 0.481 e. The van der Waals surface area contributed by atoms with E-state index in [-0.39, 0.29) is 102 Å². The predicted molar refractivity (Wildman–Crippen MR) is 341 cm³/mol. The Hall–Kier alpha value is -8.93. The van der Waals surface area contributed by atoms with Gasteiger partial charge in [0.05, 0.1) is 12.6 Å². The van der Waals surface area contributed by atoms with Crippen LogP contribution in [0.25, 0.3) is 0 Å². The second-order valence-corrected chi connectivity index (χ2v) is 24.7. The summed E-state index contributed by atoms with van der Waals surface area (Å²) in [7, 11) is 0. The first-order valence-electron chi connectivity index (χ1n) is 32.4. The maximum Gasteiger partial charge on any atom is 0.326 e. The fraction of sp³-hybridized carbons (Fsp3) is 0.603. The molecular weight excluding hydrogens is 1200 g/mol. The van der Waals surface area contributed by atoms with Gasteiger partial charge >= 0.3 is 11.9 Å². The molecule has 2 aromatic carbocycles. The zero-order chi connectivity index (χ0) is 67.3. The molecule has 30 heteroatoms. The van der Waals surface area contributed by atoms with Crippen LogP contribution in [0.1, 0.15) is 132 Å². The number of carbonyl (C=O) groups excluding carboxylic acids is 9. The van der Waals surface area contributed by atoms with Crippen molar-refractivity contribution in [3.8, 4) is 0 Å². The summed E-state index contributed by atoms with van der Waals surface area (Å²) in [6.07, 6.45) is 5.63. The number of carbonyl (C=O) groups is 11. The lowest BCUT2D eigenvalue weighted by Crippen LogP contribution is -2.62. The number of guanidine groups is 2. The SMILES string of the molecule is NCCCC[C@H](N)C(=O)N[C@@H](CCCN=C(N)N)C(=O)N1CCC[C@H]1C(=O)N1CCC[C@H]1C(=O)NCC(=O)N[C@@H](Cc1ccccc1)C(=O)N[C@@H](CCC(=O)O)C(=O)N1Cc2ccccc2C[C@@H]1C(=O)N1C(C(=O)N[C@@H](CCCN=C(N)N)C(=O)O)CC2CCCCC21. The summed E-state index contributed by atoms with van der Waals surface area (Å²) in [4.78, 5) is 168. The molecule has 1 saturated carbocycles. The highest BCUT2D eigenvalue weighted by Crippen LogP contribution is 2.41. The van der Waals surface area contributed by atoms with Crippen molar-refractivity contribution in [3.05, 3.63) is 71.3 Å². The average molecular weight is 1300 g/mol. The van der Waals surface area contributed by atoms with E-state index in [1.54, 1.807) is 48.5 Å². The van der Waals surface area contributed by atoms with Crippen molar-refractivity contribution in [2.75, 3.05) is 39.3 Å². The maximum absolute atomic E-state index is 15.5. The summed E-state index contributed by atoms with van der Waals surface area (Å²) in [5, 5.41) is 33.6. The summed E-state index contributed by atoms with van der Waals surface area (Å²) >= 11 is 0. The van der Waals surface area contributed by atoms with E-state index in [4.69, 9.17) is 34.4 Å². The zero-order valence-corrected chi connectivity index (χ0v) is 52.7. The van der Waals surface area contributed by atoms with Crippen molar-refractivity contribution < 1.29 is 63.0 Å². The number of aliphatic imine (C=N–C) groups is 2. The van der Waals surface area contributed by atoms with Gasteiger partial charge in [0, 0.05) is 58.0 Å². The smallest absolute Gasteiger partial charge is 0.326 e. The highest BCUT2D eigenvalue weighted by Gasteiger charge is 2.52. The van der Waals surface area contributed by atoms with Gasteiger partial charge in [-0.1, -0.05) is 73.9 Å². The molecule has 5 aliphatic rings. The minimum absolute atomic E-state index is 0.00726. The molecule has 11 atom stereocenters. The van der Waals surface area contributed by atoms with E-state index in [0.717, 1.165) is 18.4 Å². The van der Waals surface area contributed by atoms with Crippen LogP contribution >= 0.6 is 0 Å². The Balaban J connectivity index is 1.06. The standard InChI is InChI=1S/C63H93N17O13/c64-27-9-8-19-41(65)53(84)74-42(20-10-28-70-62(66)67)57(88)78-31-13-24-48(78)59(90)77-30-12-23-47(77)55(86)72-35-51(81)73-45(32-37-14-2-1-3-15-37)54(85)75-43(25-26-52(82)83)58(89)79-36-40-18-5-4-16-38(40)33-50(79)60(91)80-46-22-7-6-17-39(46)34-49(80)56(87)76-44(61(92)93)21-11-29-71-63(68)69/h1-5,14-16,18,39,41-50H,6-13,17,19-36,64-65H2,(H,72,86)(H,73,81)(H,74,84)(H,75,85)(H,76,87)(H,82,83)(H,92,93)(H4,66,67,70)(H4,68,69,71)/t39?,41-,42-,43-,44-,45-,46?,47-,48-,49?,50+/m0/s1. The molecule has 0 bridgehead atoms. The van der Waals surface area contributed by atoms with E-state index in [2.05, 4.69) is 36.6 Å². The number of nitrogens with zero attached hydrogens (tertiary/aromatic N) is 6. The molecule has 1 aliphatic carbocycles. The zero-order valence-electron chi connectivity index (χ0n) is 52.7. The number of hydrogen-bond donors (Lipinski definition) is 13.